The van der Waals surface area contributed by atoms with Crippen molar-refractivity contribution in [2.75, 3.05) is 36.8 Å². The van der Waals surface area contributed by atoms with Crippen LogP contribution in [0.15, 0.2) is 6.33 Å². The van der Waals surface area contributed by atoms with Crippen LogP contribution in [0.1, 0.15) is 26.7 Å². The summed E-state index contributed by atoms with van der Waals surface area (Å²) in [5.41, 5.74) is 2.83. The van der Waals surface area contributed by atoms with Crippen molar-refractivity contribution in [2.45, 2.75) is 26.7 Å². The van der Waals surface area contributed by atoms with Crippen LogP contribution in [-0.2, 0) is 23.2 Å². The lowest BCUT2D eigenvalue weighted by Crippen LogP contribution is -2.09. The maximum atomic E-state index is 12.2. The van der Waals surface area contributed by atoms with Crippen molar-refractivity contribution in [1.29, 1.82) is 0 Å². The summed E-state index contributed by atoms with van der Waals surface area (Å²) in [5, 5.41) is 2.49. The second-order valence-electron chi connectivity index (χ2n) is 4.48. The molecule has 2 N–H and O–H groups in total. The normalized spacial score (nSPS) is 11.3. The van der Waals surface area contributed by atoms with Gasteiger partial charge in [0.15, 0.2) is 11.0 Å². The molecule has 9 nitrogen and oxygen atoms in total. The van der Waals surface area contributed by atoms with Crippen molar-refractivity contribution in [2.24, 2.45) is 0 Å². The van der Waals surface area contributed by atoms with Crippen LogP contribution in [0.4, 0.5) is 11.5 Å². The van der Waals surface area contributed by atoms with Gasteiger partial charge in [-0.25, -0.2) is 15.4 Å². The Hall–Kier alpha value is -1.25. The molecule has 0 aliphatic heterocycles. The van der Waals surface area contributed by atoms with Crippen molar-refractivity contribution < 1.29 is 23.2 Å². The number of halogens is 1. The molecular weight excluding hydrogens is 359 g/mol. The molecule has 0 aliphatic rings. The highest BCUT2D eigenvalue weighted by Gasteiger charge is 2.22. The Kier molecular flexibility index (Phi) is 9.82. The number of carbonyl (C=O) groups is 1. The van der Waals surface area contributed by atoms with Crippen LogP contribution in [0.5, 0.6) is 0 Å². The zero-order valence-electron chi connectivity index (χ0n) is 13.7. The van der Waals surface area contributed by atoms with Crippen molar-refractivity contribution >= 4 is 37.1 Å². The molecule has 1 heterocycles. The van der Waals surface area contributed by atoms with E-state index in [0.717, 1.165) is 0 Å². The summed E-state index contributed by atoms with van der Waals surface area (Å²) in [7, 11) is -3.01. The monoisotopic (exact) mass is 380 g/mol. The van der Waals surface area contributed by atoms with Crippen LogP contribution in [0.3, 0.4) is 0 Å². The molecule has 0 aromatic carbocycles. The molecule has 136 valence electrons. The molecule has 24 heavy (non-hydrogen) atoms. The quantitative estimate of drug-likeness (QED) is 0.176. The Morgan fingerprint density at radius 3 is 2.58 bits per heavy atom. The summed E-state index contributed by atoms with van der Waals surface area (Å²) in [4.78, 5) is 23.5. The largest absolute Gasteiger partial charge is 0.330 e. The summed E-state index contributed by atoms with van der Waals surface area (Å²) in [6.45, 7) is 4.57. The molecule has 0 aliphatic carbocycles. The van der Waals surface area contributed by atoms with Gasteiger partial charge in [-0.2, -0.15) is 0 Å². The standard InChI is InChI=1S/C13H22ClN4O5P/c1-3-22-24(20,23-4-2)8-6-5-7-21-18-13-11(17-10-19)12(14)15-9-16-13/h9-10H,3-8H2,1-2H3,(H,17,19)(H,15,16,18). The van der Waals surface area contributed by atoms with Gasteiger partial charge in [-0.05, 0) is 26.7 Å². The van der Waals surface area contributed by atoms with E-state index in [-0.39, 0.29) is 16.7 Å². The molecule has 1 rings (SSSR count). The van der Waals surface area contributed by atoms with E-state index in [1.165, 1.54) is 6.33 Å². The number of hydrogen-bond donors (Lipinski definition) is 2. The van der Waals surface area contributed by atoms with Gasteiger partial charge in [0.05, 0.1) is 26.0 Å². The van der Waals surface area contributed by atoms with E-state index in [9.17, 15) is 9.36 Å². The molecule has 1 amide bonds. The van der Waals surface area contributed by atoms with E-state index >= 15 is 0 Å². The van der Waals surface area contributed by atoms with E-state index in [1.807, 2.05) is 0 Å². The number of unbranched alkanes of at least 4 members (excludes halogenated alkanes) is 1. The zero-order chi connectivity index (χ0) is 17.8. The van der Waals surface area contributed by atoms with E-state index in [1.54, 1.807) is 13.8 Å². The summed E-state index contributed by atoms with van der Waals surface area (Å²) in [5.74, 6) is 0.247. The molecule has 0 unspecified atom stereocenters. The predicted molar refractivity (Wildman–Crippen MR) is 91.3 cm³/mol. The minimum absolute atomic E-state index is 0.0950. The Morgan fingerprint density at radius 1 is 1.25 bits per heavy atom. The first kappa shape index (κ1) is 20.8. The van der Waals surface area contributed by atoms with Gasteiger partial charge in [-0.1, -0.05) is 11.6 Å². The Balaban J connectivity index is 2.35. The maximum Gasteiger partial charge on any atom is 0.330 e. The molecular formula is C13H22ClN4O5P. The lowest BCUT2D eigenvalue weighted by atomic mass is 10.4. The van der Waals surface area contributed by atoms with Gasteiger partial charge in [0.25, 0.3) is 0 Å². The predicted octanol–water partition coefficient (Wildman–Crippen LogP) is 3.09. The number of anilines is 2. The number of nitrogens with one attached hydrogen (secondary N) is 2. The van der Waals surface area contributed by atoms with Gasteiger partial charge in [-0.3, -0.25) is 14.2 Å². The van der Waals surface area contributed by atoms with Crippen LogP contribution in [-0.4, -0.2) is 42.4 Å². The highest BCUT2D eigenvalue weighted by atomic mass is 35.5. The molecule has 0 saturated heterocycles. The molecule has 1 aromatic heterocycles. The van der Waals surface area contributed by atoms with E-state index in [2.05, 4.69) is 20.8 Å². The smallest absolute Gasteiger partial charge is 0.323 e. The van der Waals surface area contributed by atoms with Gasteiger partial charge >= 0.3 is 7.60 Å². The first-order chi connectivity index (χ1) is 11.6. The Morgan fingerprint density at radius 2 is 1.96 bits per heavy atom. The van der Waals surface area contributed by atoms with Crippen molar-refractivity contribution in [1.82, 2.24) is 9.97 Å². The number of amides is 1. The highest BCUT2D eigenvalue weighted by molar-refractivity contribution is 7.53. The number of hydrogen-bond acceptors (Lipinski definition) is 8. The van der Waals surface area contributed by atoms with Gasteiger partial charge in [0.2, 0.25) is 6.41 Å². The second-order valence-corrected chi connectivity index (χ2v) is 7.02. The van der Waals surface area contributed by atoms with Crippen molar-refractivity contribution in [3.63, 3.8) is 0 Å². The van der Waals surface area contributed by atoms with Crippen molar-refractivity contribution in [3.05, 3.63) is 11.5 Å². The number of rotatable bonds is 13. The Bertz CT molecular complexity index is 553. The van der Waals surface area contributed by atoms with E-state index < -0.39 is 7.60 Å². The number of nitrogens with zero attached hydrogens (tertiary/aromatic N) is 2. The SMILES string of the molecule is CCOP(=O)(CCCCONc1ncnc(Cl)c1NC=O)OCC. The first-order valence-electron chi connectivity index (χ1n) is 7.53. The van der Waals surface area contributed by atoms with Crippen LogP contribution in [0.2, 0.25) is 5.15 Å². The lowest BCUT2D eigenvalue weighted by Gasteiger charge is -2.16. The summed E-state index contributed by atoms with van der Waals surface area (Å²) in [6, 6.07) is 0. The third-order valence-corrected chi connectivity index (χ3v) is 5.21. The zero-order valence-corrected chi connectivity index (χ0v) is 15.3. The highest BCUT2D eigenvalue weighted by Crippen LogP contribution is 2.48. The second kappa shape index (κ2) is 11.3. The van der Waals surface area contributed by atoms with Crippen molar-refractivity contribution in [3.8, 4) is 0 Å². The third-order valence-electron chi connectivity index (χ3n) is 2.75. The molecule has 0 saturated carbocycles. The summed E-state index contributed by atoms with van der Waals surface area (Å²) in [6.07, 6.45) is 3.28. The van der Waals surface area contributed by atoms with Crippen LogP contribution >= 0.6 is 19.2 Å². The molecule has 0 bridgehead atoms. The third kappa shape index (κ3) is 7.11. The van der Waals surface area contributed by atoms with Gasteiger partial charge in [-0.15, -0.1) is 0 Å². The van der Waals surface area contributed by atoms with Gasteiger partial charge < -0.3 is 14.4 Å². The minimum atomic E-state index is -3.01. The number of carbonyl (C=O) groups excluding carboxylic acids is 1. The lowest BCUT2D eigenvalue weighted by molar-refractivity contribution is -0.105. The molecule has 0 radical (unpaired) electrons. The maximum absolute atomic E-state index is 12.2. The first-order valence-corrected chi connectivity index (χ1v) is 9.63. The molecule has 0 spiro atoms. The fourth-order valence-corrected chi connectivity index (χ4v) is 3.71. The summed E-state index contributed by atoms with van der Waals surface area (Å²) < 4.78 is 22.7. The molecule has 0 atom stereocenters. The fraction of sp³-hybridized carbons (Fsp3) is 0.615. The van der Waals surface area contributed by atoms with Gasteiger partial charge in [0, 0.05) is 0 Å². The minimum Gasteiger partial charge on any atom is -0.323 e. The van der Waals surface area contributed by atoms with Gasteiger partial charge in [0.1, 0.15) is 12.0 Å². The molecule has 0 fully saturated rings. The molecule has 1 aromatic rings. The van der Waals surface area contributed by atoms with E-state index in [4.69, 9.17) is 25.5 Å². The van der Waals surface area contributed by atoms with Crippen LogP contribution in [0, 0.1) is 0 Å². The van der Waals surface area contributed by atoms with E-state index in [0.29, 0.717) is 45.2 Å². The fourth-order valence-electron chi connectivity index (χ4n) is 1.79. The topological polar surface area (TPSA) is 112 Å². The van der Waals surface area contributed by atoms with Crippen LogP contribution < -0.4 is 10.8 Å². The summed E-state index contributed by atoms with van der Waals surface area (Å²) >= 11 is 5.85. The van der Waals surface area contributed by atoms with Crippen LogP contribution in [0.25, 0.3) is 0 Å². The molecule has 11 heteroatoms. The Labute approximate surface area is 145 Å². The average molecular weight is 381 g/mol. The number of aromatic nitrogens is 2. The average Bonchev–Trinajstić information content (AvgIpc) is 2.54.